The standard InChI is InChI=1S/C10H18N2O3/c1-4-5-8-11-12(9(13)15-8)7-6-10(2,3)14/h14H,4-7H2,1-3H3. The maximum Gasteiger partial charge on any atom is 0.437 e. The number of hydrogen-bond donors (Lipinski definition) is 1. The van der Waals surface area contributed by atoms with Crippen LogP contribution in [0.4, 0.5) is 0 Å². The van der Waals surface area contributed by atoms with E-state index in [0.717, 1.165) is 6.42 Å². The second kappa shape index (κ2) is 4.61. The van der Waals surface area contributed by atoms with Gasteiger partial charge in [-0.05, 0) is 26.7 Å². The number of hydrogen-bond acceptors (Lipinski definition) is 4. The molecule has 0 saturated carbocycles. The van der Waals surface area contributed by atoms with Gasteiger partial charge in [0.2, 0.25) is 5.89 Å². The second-order valence-electron chi connectivity index (χ2n) is 4.30. The number of aliphatic hydroxyl groups is 1. The number of rotatable bonds is 5. The molecule has 1 N–H and O–H groups in total. The summed E-state index contributed by atoms with van der Waals surface area (Å²) in [5.41, 5.74) is -0.788. The van der Waals surface area contributed by atoms with Crippen LogP contribution in [0.25, 0.3) is 0 Å². The van der Waals surface area contributed by atoms with Gasteiger partial charge in [-0.3, -0.25) is 0 Å². The summed E-state index contributed by atoms with van der Waals surface area (Å²) in [4.78, 5) is 11.3. The first-order chi connectivity index (χ1) is 6.92. The Labute approximate surface area is 88.7 Å². The highest BCUT2D eigenvalue weighted by molar-refractivity contribution is 4.75. The third-order valence-corrected chi connectivity index (χ3v) is 2.05. The van der Waals surface area contributed by atoms with Crippen LogP contribution in [0.2, 0.25) is 0 Å². The fraction of sp³-hybridized carbons (Fsp3) is 0.800. The third-order valence-electron chi connectivity index (χ3n) is 2.05. The van der Waals surface area contributed by atoms with Crippen LogP contribution >= 0.6 is 0 Å². The first-order valence-corrected chi connectivity index (χ1v) is 5.21. The van der Waals surface area contributed by atoms with E-state index >= 15 is 0 Å². The molecule has 1 rings (SSSR count). The van der Waals surface area contributed by atoms with Crippen molar-refractivity contribution >= 4 is 0 Å². The summed E-state index contributed by atoms with van der Waals surface area (Å²) < 4.78 is 6.20. The van der Waals surface area contributed by atoms with Crippen LogP contribution in [0, 0.1) is 0 Å². The largest absolute Gasteiger partial charge is 0.437 e. The Bertz CT molecular complexity index is 359. The predicted octanol–water partition coefficient (Wildman–Crippen LogP) is 0.950. The molecule has 0 aromatic carbocycles. The minimum absolute atomic E-state index is 0.384. The molecule has 0 spiro atoms. The Kier molecular flexibility index (Phi) is 3.68. The Morgan fingerprint density at radius 3 is 2.73 bits per heavy atom. The molecule has 0 atom stereocenters. The van der Waals surface area contributed by atoms with Gasteiger partial charge < -0.3 is 9.52 Å². The smallest absolute Gasteiger partial charge is 0.392 e. The van der Waals surface area contributed by atoms with Crippen molar-refractivity contribution in [1.29, 1.82) is 0 Å². The van der Waals surface area contributed by atoms with Gasteiger partial charge in [0.25, 0.3) is 0 Å². The predicted molar refractivity (Wildman–Crippen MR) is 55.7 cm³/mol. The van der Waals surface area contributed by atoms with Crippen molar-refractivity contribution < 1.29 is 9.52 Å². The molecule has 0 radical (unpaired) electrons. The van der Waals surface area contributed by atoms with Gasteiger partial charge in [-0.1, -0.05) is 6.92 Å². The van der Waals surface area contributed by atoms with E-state index in [0.29, 0.717) is 25.3 Å². The molecule has 0 fully saturated rings. The van der Waals surface area contributed by atoms with Gasteiger partial charge in [0.15, 0.2) is 0 Å². The molecule has 1 heterocycles. The van der Waals surface area contributed by atoms with E-state index in [1.165, 1.54) is 4.68 Å². The van der Waals surface area contributed by atoms with Crippen LogP contribution in [-0.4, -0.2) is 20.5 Å². The average Bonchev–Trinajstić information content (AvgIpc) is 2.42. The zero-order valence-electron chi connectivity index (χ0n) is 9.49. The molecule has 0 amide bonds. The van der Waals surface area contributed by atoms with Gasteiger partial charge in [-0.25, -0.2) is 4.79 Å². The highest BCUT2D eigenvalue weighted by atomic mass is 16.4. The molecule has 1 aromatic rings. The minimum atomic E-state index is -0.788. The van der Waals surface area contributed by atoms with Gasteiger partial charge in [-0.15, -0.1) is 5.10 Å². The fourth-order valence-electron chi connectivity index (χ4n) is 1.19. The number of aryl methyl sites for hydroxylation is 2. The van der Waals surface area contributed by atoms with Gasteiger partial charge in [0.05, 0.1) is 12.1 Å². The van der Waals surface area contributed by atoms with Crippen LogP contribution in [-0.2, 0) is 13.0 Å². The number of aromatic nitrogens is 2. The Hall–Kier alpha value is -1.10. The second-order valence-corrected chi connectivity index (χ2v) is 4.30. The lowest BCUT2D eigenvalue weighted by molar-refractivity contribution is 0.0645. The van der Waals surface area contributed by atoms with E-state index in [4.69, 9.17) is 4.42 Å². The van der Waals surface area contributed by atoms with E-state index in [1.54, 1.807) is 13.8 Å². The van der Waals surface area contributed by atoms with Gasteiger partial charge >= 0.3 is 5.76 Å². The molecule has 5 nitrogen and oxygen atoms in total. The van der Waals surface area contributed by atoms with Crippen molar-refractivity contribution in [2.75, 3.05) is 0 Å². The van der Waals surface area contributed by atoms with E-state index in [-0.39, 0.29) is 0 Å². The molecule has 0 aliphatic carbocycles. The zero-order valence-corrected chi connectivity index (χ0v) is 9.49. The van der Waals surface area contributed by atoms with E-state index in [1.807, 2.05) is 6.92 Å². The van der Waals surface area contributed by atoms with Crippen molar-refractivity contribution in [3.63, 3.8) is 0 Å². The molecule has 86 valence electrons. The SMILES string of the molecule is CCCc1nn(CCC(C)(C)O)c(=O)o1. The Balaban J connectivity index is 2.65. The molecule has 5 heteroatoms. The van der Waals surface area contributed by atoms with Gasteiger partial charge in [-0.2, -0.15) is 4.68 Å². The van der Waals surface area contributed by atoms with Crippen molar-refractivity contribution in [3.8, 4) is 0 Å². The molecule has 0 bridgehead atoms. The topological polar surface area (TPSA) is 68.3 Å². The van der Waals surface area contributed by atoms with Crippen LogP contribution in [0.3, 0.4) is 0 Å². The summed E-state index contributed by atoms with van der Waals surface area (Å²) >= 11 is 0. The molecule has 0 aliphatic heterocycles. The van der Waals surface area contributed by atoms with E-state index in [2.05, 4.69) is 5.10 Å². The van der Waals surface area contributed by atoms with E-state index < -0.39 is 11.4 Å². The normalized spacial score (nSPS) is 12.0. The zero-order chi connectivity index (χ0) is 11.5. The maximum absolute atomic E-state index is 11.3. The van der Waals surface area contributed by atoms with Crippen LogP contribution in [0.5, 0.6) is 0 Å². The molecule has 0 aliphatic rings. The summed E-state index contributed by atoms with van der Waals surface area (Å²) in [6, 6.07) is 0. The minimum Gasteiger partial charge on any atom is -0.392 e. The van der Waals surface area contributed by atoms with Crippen molar-refractivity contribution in [2.45, 2.75) is 52.2 Å². The van der Waals surface area contributed by atoms with Crippen molar-refractivity contribution in [1.82, 2.24) is 9.78 Å². The van der Waals surface area contributed by atoms with Crippen LogP contribution < -0.4 is 5.76 Å². The fourth-order valence-corrected chi connectivity index (χ4v) is 1.19. The lowest BCUT2D eigenvalue weighted by atomic mass is 10.1. The average molecular weight is 214 g/mol. The monoisotopic (exact) mass is 214 g/mol. The quantitative estimate of drug-likeness (QED) is 0.792. The van der Waals surface area contributed by atoms with Crippen LogP contribution in [0.15, 0.2) is 9.21 Å². The molecule has 1 aromatic heterocycles. The Morgan fingerprint density at radius 2 is 2.20 bits per heavy atom. The Morgan fingerprint density at radius 1 is 1.53 bits per heavy atom. The number of nitrogens with zero attached hydrogens (tertiary/aromatic N) is 2. The highest BCUT2D eigenvalue weighted by Crippen LogP contribution is 2.07. The summed E-state index contributed by atoms with van der Waals surface area (Å²) in [5.74, 6) is 0.0287. The highest BCUT2D eigenvalue weighted by Gasteiger charge is 2.14. The summed E-state index contributed by atoms with van der Waals surface area (Å²) in [5, 5.41) is 13.5. The maximum atomic E-state index is 11.3. The molecule has 15 heavy (non-hydrogen) atoms. The van der Waals surface area contributed by atoms with E-state index in [9.17, 15) is 9.90 Å². The molecule has 0 saturated heterocycles. The van der Waals surface area contributed by atoms with Gasteiger partial charge in [0.1, 0.15) is 0 Å². The van der Waals surface area contributed by atoms with Crippen LogP contribution in [0.1, 0.15) is 39.5 Å². The summed E-state index contributed by atoms with van der Waals surface area (Å²) in [7, 11) is 0. The first kappa shape index (κ1) is 12.0. The molecular weight excluding hydrogens is 196 g/mol. The van der Waals surface area contributed by atoms with Crippen molar-refractivity contribution in [3.05, 3.63) is 16.4 Å². The summed E-state index contributed by atoms with van der Waals surface area (Å²) in [6.07, 6.45) is 2.04. The van der Waals surface area contributed by atoms with Crippen molar-refractivity contribution in [2.24, 2.45) is 0 Å². The third kappa shape index (κ3) is 3.87. The van der Waals surface area contributed by atoms with Gasteiger partial charge in [0, 0.05) is 6.42 Å². The molecule has 0 unspecified atom stereocenters. The lowest BCUT2D eigenvalue weighted by Crippen LogP contribution is -2.25. The molecular formula is C10H18N2O3. The summed E-state index contributed by atoms with van der Waals surface area (Å²) in [6.45, 7) is 5.78. The lowest BCUT2D eigenvalue weighted by Gasteiger charge is -2.15. The first-order valence-electron chi connectivity index (χ1n) is 5.21.